The van der Waals surface area contributed by atoms with E-state index < -0.39 is 5.41 Å². The van der Waals surface area contributed by atoms with Gasteiger partial charge >= 0.3 is 0 Å². The van der Waals surface area contributed by atoms with Crippen molar-refractivity contribution < 1.29 is 9.18 Å². The zero-order valence-electron chi connectivity index (χ0n) is 18.2. The van der Waals surface area contributed by atoms with Crippen LogP contribution < -0.4 is 10.2 Å². The molecule has 1 fully saturated rings. The van der Waals surface area contributed by atoms with Gasteiger partial charge in [0.1, 0.15) is 23.1 Å². The molecule has 3 aromatic heterocycles. The number of pyridine rings is 1. The second-order valence-electron chi connectivity index (χ2n) is 8.84. The van der Waals surface area contributed by atoms with Crippen molar-refractivity contribution in [3.63, 3.8) is 0 Å². The molecule has 0 bridgehead atoms. The summed E-state index contributed by atoms with van der Waals surface area (Å²) in [6.45, 7) is 5.51. The third kappa shape index (κ3) is 2.99. The maximum absolute atomic E-state index is 14.3. The van der Waals surface area contributed by atoms with Gasteiger partial charge in [0.2, 0.25) is 5.91 Å². The Labute approximate surface area is 189 Å². The quantitative estimate of drug-likeness (QED) is 0.522. The molecule has 165 valence electrons. The first kappa shape index (κ1) is 19.8. The topological polar surface area (TPSA) is 88.8 Å². The number of anilines is 2. The van der Waals surface area contributed by atoms with Crippen LogP contribution in [0, 0.1) is 12.2 Å². The molecule has 1 radical (unpaired) electrons. The van der Waals surface area contributed by atoms with E-state index in [0.29, 0.717) is 28.5 Å². The van der Waals surface area contributed by atoms with E-state index >= 15 is 0 Å². The fourth-order valence-corrected chi connectivity index (χ4v) is 4.33. The Morgan fingerprint density at radius 2 is 1.94 bits per heavy atom. The Bertz CT molecular complexity index is 1420. The molecule has 1 aromatic carbocycles. The third-order valence-corrected chi connectivity index (χ3v) is 6.31. The van der Waals surface area contributed by atoms with Crippen molar-refractivity contribution in [3.8, 4) is 11.5 Å². The second kappa shape index (κ2) is 7.06. The summed E-state index contributed by atoms with van der Waals surface area (Å²) in [5.41, 5.74) is 1.74. The zero-order chi connectivity index (χ0) is 22.7. The van der Waals surface area contributed by atoms with Crippen LogP contribution in [0.4, 0.5) is 16.0 Å². The molecule has 1 N–H and O–H groups in total. The molecule has 0 aliphatic carbocycles. The minimum atomic E-state index is -0.730. The molecule has 4 aromatic rings. The summed E-state index contributed by atoms with van der Waals surface area (Å²) in [6, 6.07) is 10.3. The lowest BCUT2D eigenvalue weighted by Crippen LogP contribution is -2.40. The first-order valence-electron chi connectivity index (χ1n) is 10.8. The third-order valence-electron chi connectivity index (χ3n) is 6.31. The van der Waals surface area contributed by atoms with Crippen molar-refractivity contribution in [1.29, 1.82) is 0 Å². The average molecular weight is 442 g/mol. The number of benzene rings is 1. The van der Waals surface area contributed by atoms with E-state index in [1.807, 2.05) is 26.0 Å². The summed E-state index contributed by atoms with van der Waals surface area (Å²) in [7, 11) is 0. The molecule has 1 saturated heterocycles. The van der Waals surface area contributed by atoms with Crippen LogP contribution >= 0.6 is 0 Å². The minimum absolute atomic E-state index is 0.105. The molecule has 0 unspecified atom stereocenters. The van der Waals surface area contributed by atoms with Crippen LogP contribution in [0.2, 0.25) is 0 Å². The summed E-state index contributed by atoms with van der Waals surface area (Å²) in [4.78, 5) is 28.8. The van der Waals surface area contributed by atoms with Gasteiger partial charge in [0.05, 0.1) is 22.9 Å². The zero-order valence-corrected chi connectivity index (χ0v) is 18.2. The van der Waals surface area contributed by atoms with E-state index in [2.05, 4.69) is 21.6 Å². The number of halogens is 1. The van der Waals surface area contributed by atoms with Crippen LogP contribution in [-0.2, 0) is 16.8 Å². The standard InChI is InChI=1S/C24H21FN7O/c1-24(2)17-19(29-23(24)33)27-20(28-22(17)31-11-6-12-31)18-15-8-5-10-26-21(15)32(30-18)13-14-7-3-4-9-16(14)25/h3-10H,11-13H2,1-2H3,(H,27,28,29,33). The van der Waals surface area contributed by atoms with Gasteiger partial charge in [0, 0.05) is 31.3 Å². The van der Waals surface area contributed by atoms with Crippen LogP contribution in [0.5, 0.6) is 0 Å². The van der Waals surface area contributed by atoms with Gasteiger partial charge in [0.15, 0.2) is 11.5 Å². The fourth-order valence-electron chi connectivity index (χ4n) is 4.33. The Kier molecular flexibility index (Phi) is 4.23. The molecule has 0 spiro atoms. The number of fused-ring (bicyclic) bond motifs is 2. The predicted molar refractivity (Wildman–Crippen MR) is 122 cm³/mol. The monoisotopic (exact) mass is 442 g/mol. The summed E-state index contributed by atoms with van der Waals surface area (Å²) in [5, 5.41) is 8.42. The number of rotatable bonds is 4. The molecular weight excluding hydrogens is 421 g/mol. The molecule has 1 amide bonds. The minimum Gasteiger partial charge on any atom is -0.355 e. The molecule has 2 aliphatic rings. The smallest absolute Gasteiger partial charge is 0.235 e. The van der Waals surface area contributed by atoms with Crippen molar-refractivity contribution in [3.05, 3.63) is 66.0 Å². The molecule has 5 heterocycles. The molecule has 9 heteroatoms. The van der Waals surface area contributed by atoms with E-state index in [-0.39, 0.29) is 18.3 Å². The lowest BCUT2D eigenvalue weighted by molar-refractivity contribution is -0.119. The van der Waals surface area contributed by atoms with Crippen molar-refractivity contribution in [1.82, 2.24) is 24.7 Å². The molecule has 6 rings (SSSR count). The average Bonchev–Trinajstić information content (AvgIpc) is 3.23. The van der Waals surface area contributed by atoms with Crippen LogP contribution in [0.3, 0.4) is 0 Å². The van der Waals surface area contributed by atoms with Gasteiger partial charge in [-0.2, -0.15) is 5.10 Å². The van der Waals surface area contributed by atoms with E-state index in [4.69, 9.17) is 15.1 Å². The van der Waals surface area contributed by atoms with Gasteiger partial charge < -0.3 is 10.2 Å². The van der Waals surface area contributed by atoms with Gasteiger partial charge in [-0.15, -0.1) is 0 Å². The van der Waals surface area contributed by atoms with Crippen LogP contribution in [0.1, 0.15) is 25.0 Å². The molecule has 33 heavy (non-hydrogen) atoms. The number of carbonyl (C=O) groups is 1. The summed E-state index contributed by atoms with van der Waals surface area (Å²) in [6.07, 6.45) is 3.83. The highest BCUT2D eigenvalue weighted by atomic mass is 19.1. The molecule has 8 nitrogen and oxygen atoms in total. The first-order chi connectivity index (χ1) is 15.9. The van der Waals surface area contributed by atoms with Crippen LogP contribution in [0.25, 0.3) is 22.6 Å². The van der Waals surface area contributed by atoms with Crippen molar-refractivity contribution in [2.45, 2.75) is 25.8 Å². The predicted octanol–water partition coefficient (Wildman–Crippen LogP) is 3.33. The highest BCUT2D eigenvalue weighted by molar-refractivity contribution is 6.06. The van der Waals surface area contributed by atoms with Gasteiger partial charge in [0.25, 0.3) is 0 Å². The Morgan fingerprint density at radius 3 is 2.70 bits per heavy atom. The number of hydrogen-bond donors (Lipinski definition) is 1. The number of carbonyl (C=O) groups excluding carboxylic acids is 1. The van der Waals surface area contributed by atoms with E-state index in [1.165, 1.54) is 6.07 Å². The number of amides is 1. The SMILES string of the molecule is CC1(C)C(=O)Nc2nc(-c3nn(Cc4ccccc4F)c4ncccc34)nc(N3C[CH]C3)c21. The molecule has 0 atom stereocenters. The van der Waals surface area contributed by atoms with Crippen molar-refractivity contribution >= 4 is 28.6 Å². The first-order valence-corrected chi connectivity index (χ1v) is 10.8. The lowest BCUT2D eigenvalue weighted by atomic mass is 9.86. The molecule has 2 aliphatic heterocycles. The second-order valence-corrected chi connectivity index (χ2v) is 8.84. The van der Waals surface area contributed by atoms with E-state index in [9.17, 15) is 9.18 Å². The Balaban J connectivity index is 1.53. The lowest BCUT2D eigenvalue weighted by Gasteiger charge is -2.34. The van der Waals surface area contributed by atoms with Gasteiger partial charge in [-0.1, -0.05) is 18.2 Å². The van der Waals surface area contributed by atoms with Gasteiger partial charge in [-0.05, 0) is 32.0 Å². The maximum atomic E-state index is 14.3. The molecule has 0 saturated carbocycles. The summed E-state index contributed by atoms with van der Waals surface area (Å²) in [5.74, 6) is 1.25. The van der Waals surface area contributed by atoms with Crippen molar-refractivity contribution in [2.75, 3.05) is 23.3 Å². The number of aromatic nitrogens is 5. The van der Waals surface area contributed by atoms with E-state index in [1.54, 1.807) is 29.1 Å². The number of hydrogen-bond acceptors (Lipinski definition) is 6. The summed E-state index contributed by atoms with van der Waals surface area (Å²) >= 11 is 0. The number of nitrogens with one attached hydrogen (secondary N) is 1. The van der Waals surface area contributed by atoms with Crippen LogP contribution in [-0.4, -0.2) is 43.7 Å². The Morgan fingerprint density at radius 1 is 1.12 bits per heavy atom. The van der Waals surface area contributed by atoms with Gasteiger partial charge in [-0.25, -0.2) is 24.0 Å². The summed E-state index contributed by atoms with van der Waals surface area (Å²) < 4.78 is 16.0. The highest BCUT2D eigenvalue weighted by Crippen LogP contribution is 2.43. The molecular formula is C24H21FN7O. The highest BCUT2D eigenvalue weighted by Gasteiger charge is 2.44. The van der Waals surface area contributed by atoms with E-state index in [0.717, 1.165) is 29.9 Å². The number of nitrogens with zero attached hydrogens (tertiary/aromatic N) is 6. The fraction of sp³-hybridized carbons (Fsp3) is 0.250. The maximum Gasteiger partial charge on any atom is 0.235 e. The largest absolute Gasteiger partial charge is 0.355 e. The Hall–Kier alpha value is -3.88. The van der Waals surface area contributed by atoms with Crippen molar-refractivity contribution in [2.24, 2.45) is 0 Å². The van der Waals surface area contributed by atoms with Crippen LogP contribution in [0.15, 0.2) is 42.6 Å². The van der Waals surface area contributed by atoms with Gasteiger partial charge in [-0.3, -0.25) is 4.79 Å². The normalized spacial score (nSPS) is 16.6.